The molecule has 0 aliphatic carbocycles. The normalized spacial score (nSPS) is 11.9. The first kappa shape index (κ1) is 14.2. The molecule has 2 N–H and O–H groups in total. The highest BCUT2D eigenvalue weighted by atomic mass is 32.1. The van der Waals surface area contributed by atoms with Crippen LogP contribution in [0.25, 0.3) is 11.3 Å². The van der Waals surface area contributed by atoms with E-state index in [-0.39, 0.29) is 6.10 Å². The third-order valence-electron chi connectivity index (χ3n) is 2.67. The lowest BCUT2D eigenvalue weighted by atomic mass is 10.1. The fourth-order valence-electron chi connectivity index (χ4n) is 1.82. The van der Waals surface area contributed by atoms with Crippen LogP contribution < -0.4 is 10.5 Å². The van der Waals surface area contributed by atoms with E-state index in [0.717, 1.165) is 16.2 Å². The molecular weight excluding hydrogens is 268 g/mol. The average molecular weight is 284 g/mol. The van der Waals surface area contributed by atoms with Gasteiger partial charge in [-0.25, -0.2) is 0 Å². The van der Waals surface area contributed by atoms with E-state index < -0.39 is 0 Å². The minimum absolute atomic E-state index is 0.100. The molecule has 0 saturated heterocycles. The van der Waals surface area contributed by atoms with Gasteiger partial charge in [-0.2, -0.15) is 5.26 Å². The topological polar surface area (TPSA) is 59.0 Å². The molecule has 1 aromatic carbocycles. The predicted molar refractivity (Wildman–Crippen MR) is 83.1 cm³/mol. The Bertz CT molecular complexity index is 651. The van der Waals surface area contributed by atoms with E-state index in [2.05, 4.69) is 6.07 Å². The Morgan fingerprint density at radius 2 is 2.10 bits per heavy atom. The standard InChI is InChI=1S/C16H16N2OS/c1-11(2)19-13-6-3-5-12(9-13)16(18)14(10-17)15-7-4-8-20-15/h3-9,11H,18H2,1-2H3/b16-14+. The van der Waals surface area contributed by atoms with Crippen LogP contribution in [0.1, 0.15) is 24.3 Å². The number of nitriles is 1. The van der Waals surface area contributed by atoms with Crippen LogP contribution >= 0.6 is 11.3 Å². The van der Waals surface area contributed by atoms with Gasteiger partial charge in [0.05, 0.1) is 17.4 Å². The Labute approximate surface area is 122 Å². The van der Waals surface area contributed by atoms with Gasteiger partial charge < -0.3 is 10.5 Å². The summed E-state index contributed by atoms with van der Waals surface area (Å²) in [6.45, 7) is 3.94. The maximum absolute atomic E-state index is 9.33. The van der Waals surface area contributed by atoms with Crippen molar-refractivity contribution in [2.75, 3.05) is 0 Å². The van der Waals surface area contributed by atoms with Gasteiger partial charge in [-0.1, -0.05) is 18.2 Å². The minimum Gasteiger partial charge on any atom is -0.491 e. The van der Waals surface area contributed by atoms with Crippen molar-refractivity contribution in [3.63, 3.8) is 0 Å². The van der Waals surface area contributed by atoms with Gasteiger partial charge in [-0.05, 0) is 37.4 Å². The van der Waals surface area contributed by atoms with Crippen molar-refractivity contribution in [2.45, 2.75) is 20.0 Å². The van der Waals surface area contributed by atoms with Crippen molar-refractivity contribution in [1.29, 1.82) is 5.26 Å². The van der Waals surface area contributed by atoms with Crippen LogP contribution in [0, 0.1) is 11.3 Å². The van der Waals surface area contributed by atoms with Gasteiger partial charge in [-0.3, -0.25) is 0 Å². The molecule has 1 aromatic heterocycles. The molecule has 0 aliphatic rings. The van der Waals surface area contributed by atoms with E-state index in [9.17, 15) is 5.26 Å². The summed E-state index contributed by atoms with van der Waals surface area (Å²) in [6, 6.07) is 13.5. The van der Waals surface area contributed by atoms with Gasteiger partial charge >= 0.3 is 0 Å². The largest absolute Gasteiger partial charge is 0.491 e. The molecule has 4 heteroatoms. The second-order valence-electron chi connectivity index (χ2n) is 4.57. The summed E-state index contributed by atoms with van der Waals surface area (Å²) >= 11 is 1.50. The third kappa shape index (κ3) is 3.19. The first-order valence-electron chi connectivity index (χ1n) is 6.32. The lowest BCUT2D eigenvalue weighted by molar-refractivity contribution is 0.242. The van der Waals surface area contributed by atoms with Crippen molar-refractivity contribution in [3.8, 4) is 11.8 Å². The van der Waals surface area contributed by atoms with E-state index >= 15 is 0 Å². The van der Waals surface area contributed by atoms with Crippen molar-refractivity contribution < 1.29 is 4.74 Å². The Kier molecular flexibility index (Phi) is 4.44. The summed E-state index contributed by atoms with van der Waals surface area (Å²) in [5.74, 6) is 0.754. The van der Waals surface area contributed by atoms with Crippen LogP contribution in [0.2, 0.25) is 0 Å². The molecule has 0 unspecified atom stereocenters. The van der Waals surface area contributed by atoms with Gasteiger partial charge in [0.1, 0.15) is 11.8 Å². The summed E-state index contributed by atoms with van der Waals surface area (Å²) in [5, 5.41) is 11.3. The van der Waals surface area contributed by atoms with Gasteiger partial charge in [0.15, 0.2) is 0 Å². The van der Waals surface area contributed by atoms with Crippen LogP contribution in [-0.4, -0.2) is 6.10 Å². The molecule has 0 spiro atoms. The fourth-order valence-corrected chi connectivity index (χ4v) is 2.56. The summed E-state index contributed by atoms with van der Waals surface area (Å²) in [5.41, 5.74) is 7.93. The Morgan fingerprint density at radius 3 is 2.70 bits per heavy atom. The smallest absolute Gasteiger partial charge is 0.120 e. The second-order valence-corrected chi connectivity index (χ2v) is 5.52. The average Bonchev–Trinajstić information content (AvgIpc) is 2.93. The van der Waals surface area contributed by atoms with Crippen molar-refractivity contribution in [2.24, 2.45) is 5.73 Å². The highest BCUT2D eigenvalue weighted by Crippen LogP contribution is 2.27. The number of rotatable bonds is 4. The van der Waals surface area contributed by atoms with Crippen molar-refractivity contribution in [3.05, 3.63) is 52.2 Å². The van der Waals surface area contributed by atoms with Crippen LogP contribution in [0.4, 0.5) is 0 Å². The van der Waals surface area contributed by atoms with Gasteiger partial charge in [0.25, 0.3) is 0 Å². The summed E-state index contributed by atoms with van der Waals surface area (Å²) < 4.78 is 5.65. The molecule has 0 aliphatic heterocycles. The number of allylic oxidation sites excluding steroid dienone is 1. The fraction of sp³-hybridized carbons (Fsp3) is 0.188. The SMILES string of the molecule is CC(C)Oc1cccc(/C(N)=C(/C#N)c2cccs2)c1. The molecule has 0 saturated carbocycles. The number of hydrogen-bond acceptors (Lipinski definition) is 4. The molecule has 2 rings (SSSR count). The third-order valence-corrected chi connectivity index (χ3v) is 3.55. The van der Waals surface area contributed by atoms with Crippen molar-refractivity contribution in [1.82, 2.24) is 0 Å². The van der Waals surface area contributed by atoms with Crippen molar-refractivity contribution >= 4 is 22.6 Å². The lowest BCUT2D eigenvalue weighted by Gasteiger charge is -2.11. The van der Waals surface area contributed by atoms with E-state index in [4.69, 9.17) is 10.5 Å². The zero-order valence-corrected chi connectivity index (χ0v) is 12.3. The van der Waals surface area contributed by atoms with Gasteiger partial charge in [-0.15, -0.1) is 11.3 Å². The predicted octanol–water partition coefficient (Wildman–Crippen LogP) is 3.89. The zero-order chi connectivity index (χ0) is 14.5. The highest BCUT2D eigenvalue weighted by molar-refractivity contribution is 7.11. The number of nitrogens with two attached hydrogens (primary N) is 1. The summed E-state index contributed by atoms with van der Waals surface area (Å²) in [4.78, 5) is 0.875. The molecule has 3 nitrogen and oxygen atoms in total. The Morgan fingerprint density at radius 1 is 1.30 bits per heavy atom. The molecule has 0 fully saturated rings. The first-order valence-corrected chi connectivity index (χ1v) is 7.20. The molecule has 2 aromatic rings. The molecule has 20 heavy (non-hydrogen) atoms. The maximum atomic E-state index is 9.33. The number of hydrogen-bond donors (Lipinski definition) is 1. The molecule has 1 heterocycles. The van der Waals surface area contributed by atoms with Gasteiger partial charge in [0.2, 0.25) is 0 Å². The highest BCUT2D eigenvalue weighted by Gasteiger charge is 2.10. The Balaban J connectivity index is 2.42. The molecule has 102 valence electrons. The molecule has 0 bridgehead atoms. The van der Waals surface area contributed by atoms with E-state index in [1.165, 1.54) is 11.3 Å². The summed E-state index contributed by atoms with van der Waals surface area (Å²) in [6.07, 6.45) is 0.100. The number of thiophene rings is 1. The quantitative estimate of drug-likeness (QED) is 0.867. The second kappa shape index (κ2) is 6.27. The lowest BCUT2D eigenvalue weighted by Crippen LogP contribution is -2.06. The Hall–Kier alpha value is -2.25. The van der Waals surface area contributed by atoms with Crippen LogP contribution in [0.15, 0.2) is 41.8 Å². The monoisotopic (exact) mass is 284 g/mol. The number of benzene rings is 1. The summed E-state index contributed by atoms with van der Waals surface area (Å²) in [7, 11) is 0. The van der Waals surface area contributed by atoms with Crippen LogP contribution in [-0.2, 0) is 0 Å². The van der Waals surface area contributed by atoms with Gasteiger partial charge in [0, 0.05) is 10.4 Å². The van der Waals surface area contributed by atoms with Crippen LogP contribution in [0.5, 0.6) is 5.75 Å². The van der Waals surface area contributed by atoms with E-state index in [1.807, 2.05) is 55.6 Å². The number of ether oxygens (including phenoxy) is 1. The maximum Gasteiger partial charge on any atom is 0.120 e. The zero-order valence-electron chi connectivity index (χ0n) is 11.5. The molecule has 0 radical (unpaired) electrons. The minimum atomic E-state index is 0.100. The van der Waals surface area contributed by atoms with Crippen LogP contribution in [0.3, 0.4) is 0 Å². The number of nitrogens with zero attached hydrogens (tertiary/aromatic N) is 1. The van der Waals surface area contributed by atoms with E-state index in [0.29, 0.717) is 11.3 Å². The molecular formula is C16H16N2OS. The first-order chi connectivity index (χ1) is 9.61. The molecule has 0 amide bonds. The molecule has 0 atom stereocenters. The van der Waals surface area contributed by atoms with E-state index in [1.54, 1.807) is 0 Å².